The van der Waals surface area contributed by atoms with Gasteiger partial charge >= 0.3 is 0 Å². The summed E-state index contributed by atoms with van der Waals surface area (Å²) in [5.41, 5.74) is 0.530. The van der Waals surface area contributed by atoms with Crippen molar-refractivity contribution in [2.45, 2.75) is 52.2 Å². The Morgan fingerprint density at radius 3 is 2.42 bits per heavy atom. The number of carbonyl (C=O) groups excluding carboxylic acids is 2. The highest BCUT2D eigenvalue weighted by molar-refractivity contribution is 5.99. The summed E-state index contributed by atoms with van der Waals surface area (Å²) in [5.74, 6) is -1.08. The summed E-state index contributed by atoms with van der Waals surface area (Å²) in [6.07, 6.45) is -2.15. The maximum Gasteiger partial charge on any atom is 0.233 e. The standard InChI is InChI=1S/C19H28N6O6/c1-8(2)16(28)21-14-11-15(23-19(22-14)24-17(29)9(3)4)25(7-20-11)18-13(30-5)12(27)10(6-26)31-18/h7-10,12-13,18,26-27H,6H2,1-5H3,(H2,21,22,23,24,28,29)/t10-,12-,13-,18-/m1/s1. The first-order valence-corrected chi connectivity index (χ1v) is 10.0. The predicted octanol–water partition coefficient (Wildman–Crippen LogP) is 0.281. The fraction of sp³-hybridized carbons (Fsp3) is 0.632. The molecule has 2 aromatic rings. The molecule has 0 aliphatic carbocycles. The van der Waals surface area contributed by atoms with E-state index in [1.807, 2.05) is 0 Å². The van der Waals surface area contributed by atoms with E-state index >= 15 is 0 Å². The van der Waals surface area contributed by atoms with Crippen LogP contribution in [0.1, 0.15) is 33.9 Å². The molecule has 1 fully saturated rings. The van der Waals surface area contributed by atoms with Crippen molar-refractivity contribution in [3.05, 3.63) is 6.33 Å². The molecule has 3 heterocycles. The van der Waals surface area contributed by atoms with Crippen molar-refractivity contribution in [2.24, 2.45) is 11.8 Å². The Morgan fingerprint density at radius 1 is 1.19 bits per heavy atom. The van der Waals surface area contributed by atoms with Crippen molar-refractivity contribution in [3.8, 4) is 0 Å². The van der Waals surface area contributed by atoms with Crippen LogP contribution >= 0.6 is 0 Å². The van der Waals surface area contributed by atoms with Crippen LogP contribution in [0.3, 0.4) is 0 Å². The lowest BCUT2D eigenvalue weighted by Crippen LogP contribution is -2.34. The molecule has 3 rings (SSSR count). The number of hydrogen-bond donors (Lipinski definition) is 4. The van der Waals surface area contributed by atoms with Crippen LogP contribution in [0.15, 0.2) is 6.33 Å². The highest BCUT2D eigenvalue weighted by Gasteiger charge is 2.45. The number of aliphatic hydroxyl groups excluding tert-OH is 2. The van der Waals surface area contributed by atoms with Gasteiger partial charge in [0.25, 0.3) is 0 Å². The largest absolute Gasteiger partial charge is 0.394 e. The van der Waals surface area contributed by atoms with E-state index in [1.165, 1.54) is 18.0 Å². The second-order valence-electron chi connectivity index (χ2n) is 7.95. The third kappa shape index (κ3) is 4.51. The molecule has 4 N–H and O–H groups in total. The summed E-state index contributed by atoms with van der Waals surface area (Å²) in [7, 11) is 1.42. The Bertz CT molecular complexity index is 961. The third-order valence-corrected chi connectivity index (χ3v) is 4.99. The molecule has 12 heteroatoms. The smallest absolute Gasteiger partial charge is 0.233 e. The molecule has 2 amide bonds. The van der Waals surface area contributed by atoms with Gasteiger partial charge in [0, 0.05) is 18.9 Å². The van der Waals surface area contributed by atoms with E-state index in [1.54, 1.807) is 27.7 Å². The van der Waals surface area contributed by atoms with E-state index in [-0.39, 0.29) is 46.6 Å². The number of ether oxygens (including phenoxy) is 2. The number of rotatable bonds is 7. The quantitative estimate of drug-likeness (QED) is 0.478. The molecule has 0 saturated carbocycles. The van der Waals surface area contributed by atoms with Crippen molar-refractivity contribution >= 4 is 34.7 Å². The van der Waals surface area contributed by atoms with Gasteiger partial charge in [0.05, 0.1) is 12.9 Å². The molecule has 0 radical (unpaired) electrons. The van der Waals surface area contributed by atoms with Gasteiger partial charge in [0.2, 0.25) is 17.8 Å². The maximum atomic E-state index is 12.3. The lowest BCUT2D eigenvalue weighted by atomic mass is 10.1. The number of nitrogens with one attached hydrogen (secondary N) is 2. The second kappa shape index (κ2) is 9.22. The second-order valence-corrected chi connectivity index (χ2v) is 7.95. The molecule has 0 aromatic carbocycles. The lowest BCUT2D eigenvalue weighted by molar-refractivity contribution is -0.119. The molecule has 0 bridgehead atoms. The number of carbonyl (C=O) groups is 2. The van der Waals surface area contributed by atoms with Crippen LogP contribution < -0.4 is 10.6 Å². The molecular weight excluding hydrogens is 408 g/mol. The third-order valence-electron chi connectivity index (χ3n) is 4.99. The van der Waals surface area contributed by atoms with Gasteiger partial charge in [-0.25, -0.2) is 4.98 Å². The van der Waals surface area contributed by atoms with Crippen LogP contribution in [0, 0.1) is 11.8 Å². The number of nitrogens with zero attached hydrogens (tertiary/aromatic N) is 4. The van der Waals surface area contributed by atoms with Crippen LogP contribution in [0.2, 0.25) is 0 Å². The first kappa shape index (κ1) is 23.0. The molecular formula is C19H28N6O6. The molecule has 170 valence electrons. The van der Waals surface area contributed by atoms with Crippen molar-refractivity contribution in [1.82, 2.24) is 19.5 Å². The number of methoxy groups -OCH3 is 1. The highest BCUT2D eigenvalue weighted by Crippen LogP contribution is 2.34. The number of aromatic nitrogens is 4. The molecule has 0 spiro atoms. The Hall–Kier alpha value is -2.67. The summed E-state index contributed by atoms with van der Waals surface area (Å²) < 4.78 is 12.6. The van der Waals surface area contributed by atoms with Gasteiger partial charge in [-0.15, -0.1) is 0 Å². The lowest BCUT2D eigenvalue weighted by Gasteiger charge is -2.20. The topological polar surface area (TPSA) is 161 Å². The van der Waals surface area contributed by atoms with E-state index < -0.39 is 31.1 Å². The van der Waals surface area contributed by atoms with Crippen molar-refractivity contribution in [2.75, 3.05) is 24.4 Å². The van der Waals surface area contributed by atoms with Gasteiger partial charge in [-0.3, -0.25) is 19.5 Å². The van der Waals surface area contributed by atoms with Crippen molar-refractivity contribution in [1.29, 1.82) is 0 Å². The fourth-order valence-corrected chi connectivity index (χ4v) is 3.11. The first-order valence-electron chi connectivity index (χ1n) is 10.0. The van der Waals surface area contributed by atoms with Gasteiger partial charge < -0.3 is 25.0 Å². The SMILES string of the molecule is CO[C@@H]1[C@H](O)[C@@H](CO)O[C@H]1n1cnc2c(NC(=O)C(C)C)nc(NC(=O)C(C)C)nc21. The van der Waals surface area contributed by atoms with Gasteiger partial charge in [0.1, 0.15) is 18.3 Å². The van der Waals surface area contributed by atoms with E-state index in [0.717, 1.165) is 0 Å². The van der Waals surface area contributed by atoms with Gasteiger partial charge in [-0.1, -0.05) is 27.7 Å². The summed E-state index contributed by atoms with van der Waals surface area (Å²) in [6, 6.07) is 0. The minimum Gasteiger partial charge on any atom is -0.394 e. The van der Waals surface area contributed by atoms with Crippen LogP contribution in [-0.2, 0) is 19.1 Å². The molecule has 0 unspecified atom stereocenters. The van der Waals surface area contributed by atoms with Gasteiger partial charge in [-0.05, 0) is 0 Å². The number of aliphatic hydroxyl groups is 2. The highest BCUT2D eigenvalue weighted by atomic mass is 16.6. The Kier molecular flexibility index (Phi) is 6.84. The summed E-state index contributed by atoms with van der Waals surface area (Å²) >= 11 is 0. The average Bonchev–Trinajstić information content (AvgIpc) is 3.27. The predicted molar refractivity (Wildman–Crippen MR) is 110 cm³/mol. The van der Waals surface area contributed by atoms with E-state index in [2.05, 4.69) is 25.6 Å². The monoisotopic (exact) mass is 436 g/mol. The normalized spacial score (nSPS) is 23.6. The summed E-state index contributed by atoms with van der Waals surface area (Å²) in [6.45, 7) is 6.53. The Morgan fingerprint density at radius 2 is 1.84 bits per heavy atom. The van der Waals surface area contributed by atoms with E-state index in [0.29, 0.717) is 0 Å². The average molecular weight is 436 g/mol. The van der Waals surface area contributed by atoms with Gasteiger partial charge in [-0.2, -0.15) is 9.97 Å². The number of fused-ring (bicyclic) bond motifs is 1. The van der Waals surface area contributed by atoms with Crippen LogP contribution in [0.5, 0.6) is 0 Å². The molecule has 12 nitrogen and oxygen atoms in total. The minimum absolute atomic E-state index is 0.0155. The molecule has 2 aromatic heterocycles. The van der Waals surface area contributed by atoms with Crippen LogP contribution in [0.4, 0.5) is 11.8 Å². The zero-order valence-electron chi connectivity index (χ0n) is 18.1. The summed E-state index contributed by atoms with van der Waals surface area (Å²) in [4.78, 5) is 37.4. The number of imidazole rings is 1. The first-order chi connectivity index (χ1) is 14.7. The van der Waals surface area contributed by atoms with Crippen molar-refractivity contribution in [3.63, 3.8) is 0 Å². The Labute approximate surface area is 179 Å². The molecule has 31 heavy (non-hydrogen) atoms. The van der Waals surface area contributed by atoms with Crippen LogP contribution in [-0.4, -0.2) is 73.6 Å². The van der Waals surface area contributed by atoms with E-state index in [4.69, 9.17) is 9.47 Å². The van der Waals surface area contributed by atoms with Crippen molar-refractivity contribution < 1.29 is 29.3 Å². The fourth-order valence-electron chi connectivity index (χ4n) is 3.11. The maximum absolute atomic E-state index is 12.3. The van der Waals surface area contributed by atoms with E-state index in [9.17, 15) is 19.8 Å². The number of anilines is 2. The molecule has 4 atom stereocenters. The zero-order valence-corrected chi connectivity index (χ0v) is 18.1. The molecule has 1 aliphatic heterocycles. The zero-order chi connectivity index (χ0) is 22.9. The molecule has 1 saturated heterocycles. The van der Waals surface area contributed by atoms with Crippen LogP contribution in [0.25, 0.3) is 11.2 Å². The molecule has 1 aliphatic rings. The van der Waals surface area contributed by atoms with Gasteiger partial charge in [0.15, 0.2) is 23.2 Å². The minimum atomic E-state index is -1.07. The number of amides is 2. The summed E-state index contributed by atoms with van der Waals surface area (Å²) in [5, 5.41) is 25.2. The Balaban J connectivity index is 2.09. The number of hydrogen-bond acceptors (Lipinski definition) is 9.